The number of aromatic nitrogens is 1. The molecule has 0 fully saturated rings. The van der Waals surface area contributed by atoms with Gasteiger partial charge in [0, 0.05) is 11.1 Å². The number of fused-ring (bicyclic) bond motifs is 4. The molecule has 10 nitrogen and oxygen atoms in total. The molecule has 10 heteroatoms. The Labute approximate surface area is 284 Å². The Morgan fingerprint density at radius 3 is 2.20 bits per heavy atom. The van der Waals surface area contributed by atoms with Crippen LogP contribution in [0.3, 0.4) is 0 Å². The average Bonchev–Trinajstić information content (AvgIpc) is 3.57. The van der Waals surface area contributed by atoms with Crippen LogP contribution in [0.1, 0.15) is 71.2 Å². The van der Waals surface area contributed by atoms with E-state index in [0.717, 1.165) is 11.1 Å². The number of para-hydroxylation sites is 1. The molecular formula is C39H38N4O6. The molecule has 5 aromatic rings. The second-order valence-corrected chi connectivity index (χ2v) is 12.5. The maximum atomic E-state index is 13.4. The van der Waals surface area contributed by atoms with Gasteiger partial charge in [-0.25, -0.2) is 4.98 Å². The van der Waals surface area contributed by atoms with E-state index < -0.39 is 29.7 Å². The van der Waals surface area contributed by atoms with Crippen molar-refractivity contribution in [3.63, 3.8) is 0 Å². The molecule has 5 N–H and O–H groups in total. The molecule has 1 aliphatic rings. The molecule has 0 saturated carbocycles. The number of nitrogens with one attached hydrogen (secondary N) is 1. The van der Waals surface area contributed by atoms with Crippen LogP contribution in [0.2, 0.25) is 0 Å². The first-order valence-corrected chi connectivity index (χ1v) is 16.1. The number of aliphatic hydroxyl groups is 2. The lowest BCUT2D eigenvalue weighted by atomic mass is 9.80. The molecule has 0 saturated heterocycles. The van der Waals surface area contributed by atoms with Crippen molar-refractivity contribution in [2.24, 2.45) is 11.7 Å². The molecule has 49 heavy (non-hydrogen) atoms. The fraction of sp³-hybridized carbons (Fsp3) is 0.256. The highest BCUT2D eigenvalue weighted by Crippen LogP contribution is 2.49. The number of ether oxygens (including phenoxy) is 2. The van der Waals surface area contributed by atoms with Crippen LogP contribution < -0.4 is 20.5 Å². The van der Waals surface area contributed by atoms with E-state index in [-0.39, 0.29) is 65.5 Å². The zero-order valence-electron chi connectivity index (χ0n) is 27.2. The number of carbonyl (C=O) groups excluding carboxylic acids is 1. The van der Waals surface area contributed by atoms with Crippen LogP contribution in [0.15, 0.2) is 108 Å². The molecule has 0 spiro atoms. The minimum atomic E-state index is -2.44. The summed E-state index contributed by atoms with van der Waals surface area (Å²) >= 11 is 0. The highest BCUT2D eigenvalue weighted by molar-refractivity contribution is 5.82. The van der Waals surface area contributed by atoms with Crippen LogP contribution in [0, 0.1) is 17.2 Å². The van der Waals surface area contributed by atoms with Gasteiger partial charge in [-0.05, 0) is 47.2 Å². The summed E-state index contributed by atoms with van der Waals surface area (Å²) in [5.41, 5.74) is 6.40. The Bertz CT molecular complexity index is 1960. The van der Waals surface area contributed by atoms with Gasteiger partial charge in [-0.3, -0.25) is 4.79 Å². The Morgan fingerprint density at radius 2 is 1.57 bits per heavy atom. The highest BCUT2D eigenvalue weighted by Gasteiger charge is 2.49. The zero-order valence-corrected chi connectivity index (χ0v) is 27.2. The second-order valence-electron chi connectivity index (χ2n) is 12.5. The Balaban J connectivity index is 1.56. The molecule has 0 unspecified atom stereocenters. The summed E-state index contributed by atoms with van der Waals surface area (Å²) < 4.78 is 18.8. The predicted molar refractivity (Wildman–Crippen MR) is 181 cm³/mol. The molecule has 6 rings (SSSR count). The topological polar surface area (TPSA) is 164 Å². The van der Waals surface area contributed by atoms with Gasteiger partial charge in [-0.15, -0.1) is 0 Å². The number of carbonyl (C=O) groups is 1. The van der Waals surface area contributed by atoms with Crippen molar-refractivity contribution in [3.05, 3.63) is 148 Å². The van der Waals surface area contributed by atoms with Gasteiger partial charge in [0.2, 0.25) is 11.8 Å². The fourth-order valence-corrected chi connectivity index (χ4v) is 5.99. The third-order valence-corrected chi connectivity index (χ3v) is 8.66. The SMILES string of the molecule is CC(C)[C@@H]1NC(=O)[C@@H](N)Cc2ccc(OCc3ccccc3)c(c2)[C@@H](O)[C@](O)(c2ccccc2OCc2ccccc2)c2oc1nc2C#N. The van der Waals surface area contributed by atoms with E-state index in [1.807, 2.05) is 80.6 Å². The van der Waals surface area contributed by atoms with Crippen LogP contribution in [-0.2, 0) is 30.0 Å². The maximum Gasteiger partial charge on any atom is 0.237 e. The molecule has 0 aliphatic carbocycles. The largest absolute Gasteiger partial charge is 0.489 e. The van der Waals surface area contributed by atoms with Crippen LogP contribution in [-0.4, -0.2) is 27.1 Å². The van der Waals surface area contributed by atoms with Gasteiger partial charge in [0.25, 0.3) is 0 Å². The Morgan fingerprint density at radius 1 is 0.959 bits per heavy atom. The summed E-state index contributed by atoms with van der Waals surface area (Å²) in [4.78, 5) is 17.8. The van der Waals surface area contributed by atoms with Crippen molar-refractivity contribution in [2.75, 3.05) is 0 Å². The van der Waals surface area contributed by atoms with Gasteiger partial charge in [-0.2, -0.15) is 5.26 Å². The monoisotopic (exact) mass is 658 g/mol. The smallest absolute Gasteiger partial charge is 0.237 e. The zero-order chi connectivity index (χ0) is 34.5. The van der Waals surface area contributed by atoms with Gasteiger partial charge >= 0.3 is 0 Å². The van der Waals surface area contributed by atoms with Crippen LogP contribution in [0.4, 0.5) is 0 Å². The number of aliphatic hydroxyl groups excluding tert-OH is 1. The Hall–Kier alpha value is -5.47. The minimum absolute atomic E-state index is 0.0121. The number of nitriles is 1. The summed E-state index contributed by atoms with van der Waals surface area (Å²) in [5, 5.41) is 38.9. The first kappa shape index (κ1) is 33.4. The van der Waals surface area contributed by atoms with Crippen molar-refractivity contribution < 1.29 is 28.9 Å². The van der Waals surface area contributed by atoms with E-state index in [1.165, 1.54) is 0 Å². The number of hydrogen-bond donors (Lipinski definition) is 4. The lowest BCUT2D eigenvalue weighted by Crippen LogP contribution is -2.44. The fourth-order valence-electron chi connectivity index (χ4n) is 5.99. The minimum Gasteiger partial charge on any atom is -0.489 e. The van der Waals surface area contributed by atoms with Crippen LogP contribution in [0.5, 0.6) is 11.5 Å². The van der Waals surface area contributed by atoms with E-state index >= 15 is 0 Å². The van der Waals surface area contributed by atoms with Crippen LogP contribution in [0.25, 0.3) is 0 Å². The van der Waals surface area contributed by atoms with Crippen molar-refractivity contribution >= 4 is 5.91 Å². The summed E-state index contributed by atoms with van der Waals surface area (Å²) in [6, 6.07) is 31.1. The number of benzene rings is 4. The van der Waals surface area contributed by atoms with Gasteiger partial charge in [-0.1, -0.05) is 98.8 Å². The molecule has 2 heterocycles. The Kier molecular flexibility index (Phi) is 9.78. The third-order valence-electron chi connectivity index (χ3n) is 8.66. The number of nitrogens with zero attached hydrogens (tertiary/aromatic N) is 2. The van der Waals surface area contributed by atoms with E-state index in [9.17, 15) is 20.3 Å². The van der Waals surface area contributed by atoms with E-state index in [1.54, 1.807) is 42.5 Å². The summed E-state index contributed by atoms with van der Waals surface area (Å²) in [7, 11) is 0. The van der Waals surface area contributed by atoms with Gasteiger partial charge < -0.3 is 35.2 Å². The third kappa shape index (κ3) is 6.91. The van der Waals surface area contributed by atoms with Gasteiger partial charge in [0.05, 0.1) is 6.04 Å². The van der Waals surface area contributed by atoms with E-state index in [4.69, 9.17) is 19.6 Å². The second kappa shape index (κ2) is 14.3. The van der Waals surface area contributed by atoms with Crippen molar-refractivity contribution in [2.45, 2.75) is 57.3 Å². The van der Waals surface area contributed by atoms with Gasteiger partial charge in [0.15, 0.2) is 17.1 Å². The lowest BCUT2D eigenvalue weighted by molar-refractivity contribution is -0.123. The van der Waals surface area contributed by atoms with Crippen molar-refractivity contribution in [1.29, 1.82) is 5.26 Å². The highest BCUT2D eigenvalue weighted by atomic mass is 16.5. The normalized spacial score (nSPS) is 20.7. The number of amides is 1. The van der Waals surface area contributed by atoms with Gasteiger partial charge in [0.1, 0.15) is 42.9 Å². The first-order chi connectivity index (χ1) is 23.7. The molecule has 250 valence electrons. The maximum absolute atomic E-state index is 13.4. The average molecular weight is 659 g/mol. The summed E-state index contributed by atoms with van der Waals surface area (Å²) in [6.45, 7) is 4.05. The lowest BCUT2D eigenvalue weighted by Gasteiger charge is -2.34. The summed E-state index contributed by atoms with van der Waals surface area (Å²) in [6.07, 6.45) is -1.66. The van der Waals surface area contributed by atoms with Crippen molar-refractivity contribution in [1.82, 2.24) is 10.3 Å². The molecule has 4 aromatic carbocycles. The molecule has 1 amide bonds. The number of nitrogens with two attached hydrogens (primary N) is 1. The molecule has 0 radical (unpaired) electrons. The first-order valence-electron chi connectivity index (χ1n) is 16.1. The molecular weight excluding hydrogens is 620 g/mol. The summed E-state index contributed by atoms with van der Waals surface area (Å²) in [5.74, 6) is -0.487. The molecule has 4 atom stereocenters. The van der Waals surface area contributed by atoms with E-state index in [0.29, 0.717) is 5.56 Å². The van der Waals surface area contributed by atoms with Crippen molar-refractivity contribution in [3.8, 4) is 17.6 Å². The number of oxazole rings is 1. The molecule has 4 bridgehead atoms. The number of hydrogen-bond acceptors (Lipinski definition) is 9. The molecule has 1 aliphatic heterocycles. The standard InChI is InChI=1S/C39H38N4O6/c1-24(2)34-38-42-31(21-40)36(49-38)39(46,29-15-9-10-16-33(29)48-23-26-13-7-4-8-14-26)35(44)28-19-27(20-30(41)37(45)43-34)17-18-32(28)47-22-25-11-5-3-6-12-25/h3-19,24,30,34-35,44,46H,20,22-23,41H2,1-2H3,(H,43,45)/t30-,34-,35+,39+/m0/s1. The predicted octanol–water partition coefficient (Wildman–Crippen LogP) is 5.37. The molecule has 1 aromatic heterocycles. The quantitative estimate of drug-likeness (QED) is 0.172. The van der Waals surface area contributed by atoms with E-state index in [2.05, 4.69) is 10.3 Å². The number of rotatable bonds is 8. The van der Waals surface area contributed by atoms with Crippen LogP contribution >= 0.6 is 0 Å².